The Balaban J connectivity index is 1.72. The number of nitrogens with one attached hydrogen (secondary N) is 1. The molecule has 0 amide bonds. The molecule has 0 aliphatic carbocycles. The van der Waals surface area contributed by atoms with E-state index in [2.05, 4.69) is 22.1 Å². The lowest BCUT2D eigenvalue weighted by atomic mass is 10.0. The Bertz CT molecular complexity index is 1120. The van der Waals surface area contributed by atoms with Crippen LogP contribution in [-0.2, 0) is 0 Å². The second kappa shape index (κ2) is 9.35. The maximum atomic E-state index is 11.1. The summed E-state index contributed by atoms with van der Waals surface area (Å²) in [5.74, 6) is 1.68. The summed E-state index contributed by atoms with van der Waals surface area (Å²) < 4.78 is 11.7. The molecule has 1 saturated heterocycles. The molecule has 3 aromatic rings. The molecular weight excluding hydrogens is 428 g/mol. The van der Waals surface area contributed by atoms with Gasteiger partial charge in [-0.1, -0.05) is 19.4 Å². The van der Waals surface area contributed by atoms with Crippen molar-refractivity contribution in [3.63, 3.8) is 0 Å². The molecule has 1 aliphatic heterocycles. The number of hydrogen-bond donors (Lipinski definition) is 1. The third kappa shape index (κ3) is 4.16. The quantitative estimate of drug-likeness (QED) is 0.289. The molecule has 4 rings (SSSR count). The first-order valence-corrected chi connectivity index (χ1v) is 10.8. The number of rotatable bonds is 8. The van der Waals surface area contributed by atoms with Crippen LogP contribution in [0.5, 0.6) is 5.75 Å². The summed E-state index contributed by atoms with van der Waals surface area (Å²) in [6.07, 6.45) is 3.81. The van der Waals surface area contributed by atoms with Crippen LogP contribution >= 0.6 is 12.2 Å². The van der Waals surface area contributed by atoms with Crippen LogP contribution in [0.2, 0.25) is 0 Å². The number of hydrogen-bond acceptors (Lipinski definition) is 6. The highest BCUT2D eigenvalue weighted by atomic mass is 32.1. The van der Waals surface area contributed by atoms with Crippen molar-refractivity contribution in [2.45, 2.75) is 31.8 Å². The molecule has 0 radical (unpaired) electrons. The number of thiocarbonyl (C=S) groups is 1. The van der Waals surface area contributed by atoms with Gasteiger partial charge in [0.2, 0.25) is 0 Å². The zero-order valence-electron chi connectivity index (χ0n) is 17.9. The number of benzene rings is 1. The van der Waals surface area contributed by atoms with Gasteiger partial charge in [-0.15, -0.1) is 0 Å². The van der Waals surface area contributed by atoms with Gasteiger partial charge in [-0.25, -0.2) is 0 Å². The highest BCUT2D eigenvalue weighted by Crippen LogP contribution is 2.42. The molecule has 1 aromatic carbocycles. The van der Waals surface area contributed by atoms with Gasteiger partial charge < -0.3 is 19.4 Å². The lowest BCUT2D eigenvalue weighted by Gasteiger charge is -2.25. The molecule has 2 atom stereocenters. The molecule has 9 heteroatoms. The molecule has 166 valence electrons. The van der Waals surface area contributed by atoms with E-state index in [1.165, 1.54) is 19.2 Å². The summed E-state index contributed by atoms with van der Waals surface area (Å²) in [6.45, 7) is 2.94. The molecule has 1 fully saturated rings. The van der Waals surface area contributed by atoms with Gasteiger partial charge in [0.1, 0.15) is 23.3 Å². The molecule has 32 heavy (non-hydrogen) atoms. The van der Waals surface area contributed by atoms with E-state index in [1.807, 2.05) is 30.3 Å². The number of aromatic nitrogens is 1. The Hall–Kier alpha value is -3.46. The van der Waals surface area contributed by atoms with Crippen LogP contribution in [0.3, 0.4) is 0 Å². The molecule has 0 unspecified atom stereocenters. The molecule has 8 nitrogen and oxygen atoms in total. The largest absolute Gasteiger partial charge is 0.496 e. The van der Waals surface area contributed by atoms with Gasteiger partial charge in [-0.2, -0.15) is 0 Å². The van der Waals surface area contributed by atoms with E-state index < -0.39 is 4.92 Å². The fourth-order valence-electron chi connectivity index (χ4n) is 3.94. The van der Waals surface area contributed by atoms with Gasteiger partial charge in [0.15, 0.2) is 5.11 Å². The van der Waals surface area contributed by atoms with Crippen molar-refractivity contribution >= 4 is 23.0 Å². The Morgan fingerprint density at radius 3 is 2.81 bits per heavy atom. The average Bonchev–Trinajstić information content (AvgIpc) is 3.42. The molecule has 1 N–H and O–H groups in total. The predicted molar refractivity (Wildman–Crippen MR) is 124 cm³/mol. The molecule has 0 bridgehead atoms. The van der Waals surface area contributed by atoms with Gasteiger partial charge in [0, 0.05) is 18.8 Å². The van der Waals surface area contributed by atoms with Gasteiger partial charge in [0.25, 0.3) is 5.69 Å². The van der Waals surface area contributed by atoms with Crippen molar-refractivity contribution in [2.24, 2.45) is 0 Å². The number of nitro benzene ring substituents is 1. The fraction of sp³-hybridized carbons (Fsp3) is 0.304. The second-order valence-corrected chi connectivity index (χ2v) is 7.90. The standard InChI is InChI=1S/C23H24N4O4S/c1-3-4-13-26-22(21(25-23(26)32)17-7-5-6-12-24-17)19-11-10-18(31-19)16-9-8-15(27(28)29)14-20(16)30-2/h5-12,14,21-22H,3-4,13H2,1-2H3,(H,25,32)/t21-,22-/m1/s1. The van der Waals surface area contributed by atoms with Crippen molar-refractivity contribution < 1.29 is 14.1 Å². The van der Waals surface area contributed by atoms with Crippen LogP contribution in [0.25, 0.3) is 11.3 Å². The third-order valence-corrected chi connectivity index (χ3v) is 5.88. The lowest BCUT2D eigenvalue weighted by Crippen LogP contribution is -2.30. The number of unbranched alkanes of at least 4 members (excludes halogenated alkanes) is 1. The van der Waals surface area contributed by atoms with Gasteiger partial charge in [-0.3, -0.25) is 15.1 Å². The molecular formula is C23H24N4O4S. The van der Waals surface area contributed by atoms with Crippen LogP contribution in [0.4, 0.5) is 5.69 Å². The zero-order valence-corrected chi connectivity index (χ0v) is 18.7. The van der Waals surface area contributed by atoms with E-state index in [0.29, 0.717) is 22.2 Å². The average molecular weight is 453 g/mol. The Morgan fingerprint density at radius 1 is 1.28 bits per heavy atom. The Labute approximate surface area is 191 Å². The van der Waals surface area contributed by atoms with Crippen LogP contribution in [0.1, 0.15) is 43.3 Å². The van der Waals surface area contributed by atoms with E-state index in [4.69, 9.17) is 21.4 Å². The van der Waals surface area contributed by atoms with Crippen molar-refractivity contribution in [2.75, 3.05) is 13.7 Å². The SMILES string of the molecule is CCCCN1C(=S)N[C@H](c2ccccn2)[C@H]1c1ccc(-c2ccc([N+](=O)[O-])cc2OC)o1. The zero-order chi connectivity index (χ0) is 22.7. The second-order valence-electron chi connectivity index (χ2n) is 7.52. The first-order chi connectivity index (χ1) is 15.5. The predicted octanol–water partition coefficient (Wildman–Crippen LogP) is 5.03. The summed E-state index contributed by atoms with van der Waals surface area (Å²) in [5.41, 5.74) is 1.49. The number of methoxy groups -OCH3 is 1. The van der Waals surface area contributed by atoms with Crippen molar-refractivity contribution in [1.82, 2.24) is 15.2 Å². The fourth-order valence-corrected chi connectivity index (χ4v) is 4.27. The Morgan fingerprint density at radius 2 is 2.12 bits per heavy atom. The van der Waals surface area contributed by atoms with Crippen molar-refractivity contribution in [3.8, 4) is 17.1 Å². The number of nitro groups is 1. The van der Waals surface area contributed by atoms with E-state index in [-0.39, 0.29) is 17.8 Å². The van der Waals surface area contributed by atoms with E-state index >= 15 is 0 Å². The van der Waals surface area contributed by atoms with E-state index in [1.54, 1.807) is 12.3 Å². The number of ether oxygens (including phenoxy) is 1. The van der Waals surface area contributed by atoms with Crippen LogP contribution < -0.4 is 10.1 Å². The Kier molecular flexibility index (Phi) is 6.36. The third-order valence-electron chi connectivity index (χ3n) is 5.53. The summed E-state index contributed by atoms with van der Waals surface area (Å²) in [7, 11) is 1.48. The lowest BCUT2D eigenvalue weighted by molar-refractivity contribution is -0.384. The monoisotopic (exact) mass is 452 g/mol. The summed E-state index contributed by atoms with van der Waals surface area (Å²) in [5, 5.41) is 15.2. The number of non-ortho nitro benzene ring substituents is 1. The minimum Gasteiger partial charge on any atom is -0.496 e. The van der Waals surface area contributed by atoms with Crippen LogP contribution in [0, 0.1) is 10.1 Å². The molecule has 1 aliphatic rings. The minimum atomic E-state index is -0.450. The number of pyridine rings is 1. The number of nitrogens with zero attached hydrogens (tertiary/aromatic N) is 3. The topological polar surface area (TPSA) is 93.7 Å². The van der Waals surface area contributed by atoms with Crippen LogP contribution in [0.15, 0.2) is 59.1 Å². The molecule has 0 spiro atoms. The summed E-state index contributed by atoms with van der Waals surface area (Å²) in [4.78, 5) is 17.3. The highest BCUT2D eigenvalue weighted by molar-refractivity contribution is 7.80. The van der Waals surface area contributed by atoms with Gasteiger partial charge in [0.05, 0.1) is 35.4 Å². The molecule has 2 aromatic heterocycles. The van der Waals surface area contributed by atoms with Gasteiger partial charge in [-0.05, 0) is 49.0 Å². The first-order valence-electron chi connectivity index (χ1n) is 10.4. The molecule has 3 heterocycles. The normalized spacial score (nSPS) is 17.9. The highest BCUT2D eigenvalue weighted by Gasteiger charge is 2.41. The van der Waals surface area contributed by atoms with Gasteiger partial charge >= 0.3 is 0 Å². The first kappa shape index (κ1) is 21.8. The van der Waals surface area contributed by atoms with Crippen molar-refractivity contribution in [3.05, 3.63) is 76.3 Å². The smallest absolute Gasteiger partial charge is 0.273 e. The van der Waals surface area contributed by atoms with Crippen LogP contribution in [-0.4, -0.2) is 33.6 Å². The van der Waals surface area contributed by atoms with Crippen molar-refractivity contribution in [1.29, 1.82) is 0 Å². The maximum absolute atomic E-state index is 11.1. The summed E-state index contributed by atoms with van der Waals surface area (Å²) >= 11 is 5.65. The van der Waals surface area contributed by atoms with E-state index in [9.17, 15) is 10.1 Å². The maximum Gasteiger partial charge on any atom is 0.273 e. The minimum absolute atomic E-state index is 0.0383. The van der Waals surface area contributed by atoms with E-state index in [0.717, 1.165) is 30.8 Å². The molecule has 0 saturated carbocycles. The summed E-state index contributed by atoms with van der Waals surface area (Å²) in [6, 6.07) is 13.7. The number of furan rings is 1.